The molecule has 0 radical (unpaired) electrons. The summed E-state index contributed by atoms with van der Waals surface area (Å²) >= 11 is 0. The van der Waals surface area contributed by atoms with Crippen LogP contribution in [0.25, 0.3) is 0 Å². The molecule has 17 heavy (non-hydrogen) atoms. The van der Waals surface area contributed by atoms with Crippen molar-refractivity contribution in [3.63, 3.8) is 0 Å². The van der Waals surface area contributed by atoms with E-state index in [0.29, 0.717) is 18.0 Å². The number of hydrazine groups is 1. The molecule has 4 unspecified atom stereocenters. The summed E-state index contributed by atoms with van der Waals surface area (Å²) in [7, 11) is 0. The summed E-state index contributed by atoms with van der Waals surface area (Å²) in [6.45, 7) is 0. The highest BCUT2D eigenvalue weighted by Gasteiger charge is 2.39. The Kier molecular flexibility index (Phi) is 2.86. The van der Waals surface area contributed by atoms with Gasteiger partial charge in [-0.25, -0.2) is 9.82 Å². The zero-order valence-electron chi connectivity index (χ0n) is 9.70. The summed E-state index contributed by atoms with van der Waals surface area (Å²) in [6.07, 6.45) is 3.25. The molecule has 1 aliphatic heterocycles. The van der Waals surface area contributed by atoms with Gasteiger partial charge >= 0.3 is 0 Å². The molecule has 0 aromatic heterocycles. The monoisotopic (exact) mass is 235 g/mol. The Morgan fingerprint density at radius 3 is 2.65 bits per heavy atom. The predicted molar refractivity (Wildman–Crippen MR) is 64.5 cm³/mol. The van der Waals surface area contributed by atoms with Gasteiger partial charge in [0, 0.05) is 12.1 Å². The Labute approximate surface area is 101 Å². The Balaban J connectivity index is 1.81. The first kappa shape index (κ1) is 11.1. The van der Waals surface area contributed by atoms with Crippen molar-refractivity contribution in [3.8, 4) is 0 Å². The summed E-state index contributed by atoms with van der Waals surface area (Å²) in [6, 6.07) is 7.83. The van der Waals surface area contributed by atoms with Crippen molar-refractivity contribution in [2.45, 2.75) is 37.4 Å². The summed E-state index contributed by atoms with van der Waals surface area (Å²) in [5.74, 6) is 0.334. The number of nitrogens with one attached hydrogen (secondary N) is 2. The van der Waals surface area contributed by atoms with Crippen LogP contribution in [0.2, 0.25) is 0 Å². The lowest BCUT2D eigenvalue weighted by Crippen LogP contribution is -2.39. The van der Waals surface area contributed by atoms with Gasteiger partial charge in [-0.15, -0.1) is 0 Å². The maximum absolute atomic E-state index is 12.9. The van der Waals surface area contributed by atoms with E-state index in [9.17, 15) is 4.39 Å². The minimum absolute atomic E-state index is 0.184. The maximum Gasteiger partial charge on any atom is 0.123 e. The zero-order valence-corrected chi connectivity index (χ0v) is 9.70. The number of benzene rings is 1. The van der Waals surface area contributed by atoms with Crippen molar-refractivity contribution in [1.29, 1.82) is 0 Å². The minimum Gasteiger partial charge on any atom is -0.328 e. The van der Waals surface area contributed by atoms with E-state index in [1.54, 1.807) is 0 Å². The van der Waals surface area contributed by atoms with Crippen LogP contribution in [0.15, 0.2) is 24.3 Å². The molecule has 4 atom stereocenters. The number of halogens is 1. The van der Waals surface area contributed by atoms with Crippen LogP contribution in [-0.4, -0.2) is 12.1 Å². The first-order valence-corrected chi connectivity index (χ1v) is 6.26. The van der Waals surface area contributed by atoms with Gasteiger partial charge in [-0.3, -0.25) is 5.43 Å². The van der Waals surface area contributed by atoms with Gasteiger partial charge in [0.1, 0.15) is 5.82 Å². The highest BCUT2D eigenvalue weighted by Crippen LogP contribution is 2.37. The van der Waals surface area contributed by atoms with Crippen molar-refractivity contribution in [1.82, 2.24) is 10.9 Å². The van der Waals surface area contributed by atoms with Crippen molar-refractivity contribution in [3.05, 3.63) is 35.6 Å². The standard InChI is InChI=1S/C13H18FN3/c14-9-3-1-8(2-4-9)13-11-7-10(15)5-6-12(11)16-17-13/h1-4,10-13,16-17H,5-7,15H2. The average molecular weight is 235 g/mol. The SMILES string of the molecule is NC1CCC2NNC(c3ccc(F)cc3)C2C1. The molecule has 1 saturated carbocycles. The van der Waals surface area contributed by atoms with E-state index in [1.807, 2.05) is 12.1 Å². The second kappa shape index (κ2) is 4.37. The molecule has 1 aromatic carbocycles. The van der Waals surface area contributed by atoms with Crippen LogP contribution in [0, 0.1) is 11.7 Å². The second-order valence-corrected chi connectivity index (χ2v) is 5.16. The summed E-state index contributed by atoms with van der Waals surface area (Å²) in [5.41, 5.74) is 13.8. The van der Waals surface area contributed by atoms with Crippen molar-refractivity contribution in [2.75, 3.05) is 0 Å². The molecule has 4 heteroatoms. The molecule has 3 rings (SSSR count). The number of rotatable bonds is 1. The molecule has 0 amide bonds. The summed E-state index contributed by atoms with van der Waals surface area (Å²) in [4.78, 5) is 0. The smallest absolute Gasteiger partial charge is 0.123 e. The van der Waals surface area contributed by atoms with Crippen molar-refractivity contribution in [2.24, 2.45) is 11.7 Å². The molecule has 1 heterocycles. The molecule has 3 nitrogen and oxygen atoms in total. The fourth-order valence-electron chi connectivity index (χ4n) is 3.09. The van der Waals surface area contributed by atoms with Gasteiger partial charge in [-0.05, 0) is 42.9 Å². The summed E-state index contributed by atoms with van der Waals surface area (Å²) in [5, 5.41) is 0. The van der Waals surface area contributed by atoms with Gasteiger partial charge in [-0.1, -0.05) is 12.1 Å². The Bertz CT molecular complexity index is 392. The fourth-order valence-corrected chi connectivity index (χ4v) is 3.09. The molecule has 0 spiro atoms. The van der Waals surface area contributed by atoms with Crippen LogP contribution in [-0.2, 0) is 0 Å². The molecule has 92 valence electrons. The van der Waals surface area contributed by atoms with E-state index in [2.05, 4.69) is 10.9 Å². The van der Waals surface area contributed by atoms with E-state index in [0.717, 1.165) is 24.8 Å². The highest BCUT2D eigenvalue weighted by atomic mass is 19.1. The molecular weight excluding hydrogens is 217 g/mol. The normalized spacial score (nSPS) is 36.8. The zero-order chi connectivity index (χ0) is 11.8. The predicted octanol–water partition coefficient (Wildman–Crippen LogP) is 1.47. The van der Waals surface area contributed by atoms with E-state index in [1.165, 1.54) is 12.1 Å². The Morgan fingerprint density at radius 2 is 1.88 bits per heavy atom. The molecule has 0 bridgehead atoms. The number of nitrogens with two attached hydrogens (primary N) is 1. The van der Waals surface area contributed by atoms with Gasteiger partial charge in [0.25, 0.3) is 0 Å². The molecule has 1 aromatic rings. The lowest BCUT2D eigenvalue weighted by atomic mass is 9.77. The van der Waals surface area contributed by atoms with E-state index in [-0.39, 0.29) is 11.9 Å². The van der Waals surface area contributed by atoms with Gasteiger partial charge in [0.05, 0.1) is 6.04 Å². The Morgan fingerprint density at radius 1 is 1.12 bits per heavy atom. The topological polar surface area (TPSA) is 50.1 Å². The fraction of sp³-hybridized carbons (Fsp3) is 0.538. The van der Waals surface area contributed by atoms with Crippen LogP contribution >= 0.6 is 0 Å². The number of hydrogen-bond acceptors (Lipinski definition) is 3. The quantitative estimate of drug-likeness (QED) is 0.691. The Hall–Kier alpha value is -0.970. The lowest BCUT2D eigenvalue weighted by Gasteiger charge is -2.31. The first-order chi connectivity index (χ1) is 8.24. The van der Waals surface area contributed by atoms with Crippen LogP contribution in [0.5, 0.6) is 0 Å². The summed E-state index contributed by atoms with van der Waals surface area (Å²) < 4.78 is 12.9. The van der Waals surface area contributed by atoms with Gasteiger partial charge < -0.3 is 5.73 Å². The third-order valence-corrected chi connectivity index (χ3v) is 4.02. The third kappa shape index (κ3) is 2.08. The second-order valence-electron chi connectivity index (χ2n) is 5.16. The molecule has 1 saturated heterocycles. The van der Waals surface area contributed by atoms with Gasteiger partial charge in [0.15, 0.2) is 0 Å². The van der Waals surface area contributed by atoms with Gasteiger partial charge in [-0.2, -0.15) is 0 Å². The molecule has 2 fully saturated rings. The number of hydrogen-bond donors (Lipinski definition) is 3. The van der Waals surface area contributed by atoms with E-state index >= 15 is 0 Å². The van der Waals surface area contributed by atoms with Crippen LogP contribution in [0.4, 0.5) is 4.39 Å². The number of fused-ring (bicyclic) bond motifs is 1. The first-order valence-electron chi connectivity index (χ1n) is 6.26. The minimum atomic E-state index is -0.184. The third-order valence-electron chi connectivity index (χ3n) is 4.02. The molecule has 4 N–H and O–H groups in total. The van der Waals surface area contributed by atoms with E-state index < -0.39 is 0 Å². The molecular formula is C13H18FN3. The van der Waals surface area contributed by atoms with Crippen LogP contribution < -0.4 is 16.6 Å². The largest absolute Gasteiger partial charge is 0.328 e. The maximum atomic E-state index is 12.9. The van der Waals surface area contributed by atoms with E-state index in [4.69, 9.17) is 5.73 Å². The average Bonchev–Trinajstić information content (AvgIpc) is 2.73. The van der Waals surface area contributed by atoms with Crippen LogP contribution in [0.3, 0.4) is 0 Å². The highest BCUT2D eigenvalue weighted by molar-refractivity contribution is 5.22. The lowest BCUT2D eigenvalue weighted by molar-refractivity contribution is 0.279. The van der Waals surface area contributed by atoms with Crippen molar-refractivity contribution >= 4 is 0 Å². The van der Waals surface area contributed by atoms with Gasteiger partial charge in [0.2, 0.25) is 0 Å². The van der Waals surface area contributed by atoms with Crippen molar-refractivity contribution < 1.29 is 4.39 Å². The molecule has 1 aliphatic carbocycles. The van der Waals surface area contributed by atoms with Crippen LogP contribution in [0.1, 0.15) is 30.9 Å². The molecule has 2 aliphatic rings.